The smallest absolute Gasteiger partial charge is 0.348 e. The number of nitrogens with zero attached hydrogens (tertiary/aromatic N) is 2. The zero-order valence-corrected chi connectivity index (χ0v) is 18.8. The van der Waals surface area contributed by atoms with Gasteiger partial charge >= 0.3 is 5.97 Å². The van der Waals surface area contributed by atoms with Crippen LogP contribution in [0.25, 0.3) is 15.9 Å². The number of para-hydroxylation sites is 1. The fraction of sp³-hybridized carbons (Fsp3) is 0.0952. The largest absolute Gasteiger partial charge is 0.451 e. The van der Waals surface area contributed by atoms with Gasteiger partial charge in [0.2, 0.25) is 0 Å². The minimum atomic E-state index is -0.564. The van der Waals surface area contributed by atoms with Gasteiger partial charge in [-0.25, -0.2) is 9.48 Å². The Morgan fingerprint density at radius 3 is 2.77 bits per heavy atom. The number of rotatable bonds is 5. The molecule has 9 heteroatoms. The van der Waals surface area contributed by atoms with Crippen LogP contribution in [-0.2, 0) is 9.53 Å². The number of anilines is 1. The van der Waals surface area contributed by atoms with Crippen LogP contribution in [0.3, 0.4) is 0 Å². The van der Waals surface area contributed by atoms with Crippen molar-refractivity contribution in [1.82, 2.24) is 9.78 Å². The second-order valence-corrected chi connectivity index (χ2v) is 8.77. The number of hydrogen-bond donors (Lipinski definition) is 1. The van der Waals surface area contributed by atoms with E-state index in [0.717, 1.165) is 26.1 Å². The molecule has 0 aliphatic rings. The van der Waals surface area contributed by atoms with Crippen molar-refractivity contribution in [1.29, 1.82) is 0 Å². The Kier molecular flexibility index (Phi) is 5.90. The number of aromatic nitrogens is 2. The minimum Gasteiger partial charge on any atom is -0.451 e. The molecule has 0 aliphatic carbocycles. The molecule has 0 aliphatic heterocycles. The number of benzene rings is 2. The number of thiophene rings is 1. The van der Waals surface area contributed by atoms with E-state index in [9.17, 15) is 9.59 Å². The zero-order valence-electron chi connectivity index (χ0n) is 15.7. The molecule has 2 heterocycles. The lowest BCUT2D eigenvalue weighted by Crippen LogP contribution is -2.20. The summed E-state index contributed by atoms with van der Waals surface area (Å²) in [4.78, 5) is 25.8. The monoisotopic (exact) mass is 503 g/mol. The summed E-state index contributed by atoms with van der Waals surface area (Å²) in [6.45, 7) is 1.48. The van der Waals surface area contributed by atoms with Crippen molar-refractivity contribution < 1.29 is 14.3 Å². The predicted molar refractivity (Wildman–Crippen MR) is 122 cm³/mol. The Labute approximate surface area is 189 Å². The topological polar surface area (TPSA) is 73.2 Å². The second kappa shape index (κ2) is 8.59. The van der Waals surface area contributed by atoms with Crippen LogP contribution in [0.4, 0.5) is 5.69 Å². The van der Waals surface area contributed by atoms with Crippen molar-refractivity contribution in [3.63, 3.8) is 0 Å². The molecule has 152 valence electrons. The van der Waals surface area contributed by atoms with E-state index in [1.165, 1.54) is 11.3 Å². The summed E-state index contributed by atoms with van der Waals surface area (Å²) in [6.07, 6.45) is 0. The maximum atomic E-state index is 12.5. The predicted octanol–water partition coefficient (Wildman–Crippen LogP) is 5.61. The van der Waals surface area contributed by atoms with Gasteiger partial charge in [-0.3, -0.25) is 4.79 Å². The third-order valence-corrected chi connectivity index (χ3v) is 6.17. The zero-order chi connectivity index (χ0) is 21.3. The maximum Gasteiger partial charge on any atom is 0.348 e. The minimum absolute atomic E-state index is 0.380. The fourth-order valence-corrected chi connectivity index (χ4v) is 4.58. The van der Waals surface area contributed by atoms with Gasteiger partial charge < -0.3 is 10.1 Å². The van der Waals surface area contributed by atoms with Gasteiger partial charge in [0.05, 0.1) is 16.4 Å². The molecule has 4 aromatic rings. The molecule has 0 spiro atoms. The highest BCUT2D eigenvalue weighted by atomic mass is 79.9. The van der Waals surface area contributed by atoms with Crippen molar-refractivity contribution in [3.8, 4) is 5.69 Å². The summed E-state index contributed by atoms with van der Waals surface area (Å²) in [6, 6.07) is 16.2. The first-order chi connectivity index (χ1) is 14.4. The molecule has 0 radical (unpaired) electrons. The van der Waals surface area contributed by atoms with E-state index >= 15 is 0 Å². The summed E-state index contributed by atoms with van der Waals surface area (Å²) in [7, 11) is 0. The van der Waals surface area contributed by atoms with E-state index in [-0.39, 0.29) is 6.61 Å². The van der Waals surface area contributed by atoms with Crippen LogP contribution in [0.5, 0.6) is 0 Å². The molecule has 2 aromatic carbocycles. The average Bonchev–Trinajstić information content (AvgIpc) is 3.27. The van der Waals surface area contributed by atoms with E-state index < -0.39 is 11.9 Å². The van der Waals surface area contributed by atoms with E-state index in [0.29, 0.717) is 15.6 Å². The summed E-state index contributed by atoms with van der Waals surface area (Å²) in [5.74, 6) is -0.980. The van der Waals surface area contributed by atoms with Crippen molar-refractivity contribution in [2.45, 2.75) is 6.92 Å². The van der Waals surface area contributed by atoms with Crippen LogP contribution in [-0.4, -0.2) is 28.3 Å². The third-order valence-electron chi connectivity index (χ3n) is 4.27. The molecule has 2 aromatic heterocycles. The van der Waals surface area contributed by atoms with Gasteiger partial charge in [0.1, 0.15) is 9.71 Å². The van der Waals surface area contributed by atoms with E-state index in [1.54, 1.807) is 35.0 Å². The molecule has 4 rings (SSSR count). The Morgan fingerprint density at radius 1 is 1.20 bits per heavy atom. The number of aryl methyl sites for hydroxylation is 1. The number of nitrogens with one attached hydrogen (secondary N) is 1. The molecule has 30 heavy (non-hydrogen) atoms. The summed E-state index contributed by atoms with van der Waals surface area (Å²) < 4.78 is 7.75. The van der Waals surface area contributed by atoms with Crippen molar-refractivity contribution in [2.24, 2.45) is 0 Å². The maximum absolute atomic E-state index is 12.5. The molecule has 1 amide bonds. The first-order valence-corrected chi connectivity index (χ1v) is 10.9. The highest BCUT2D eigenvalue weighted by molar-refractivity contribution is 9.10. The normalized spacial score (nSPS) is 10.9. The third kappa shape index (κ3) is 4.26. The summed E-state index contributed by atoms with van der Waals surface area (Å²) in [5, 5.41) is 8.61. The van der Waals surface area contributed by atoms with Crippen LogP contribution < -0.4 is 5.32 Å². The van der Waals surface area contributed by atoms with Crippen LogP contribution in [0.2, 0.25) is 5.02 Å². The van der Waals surface area contributed by atoms with Crippen molar-refractivity contribution >= 4 is 66.6 Å². The molecule has 1 N–H and O–H groups in total. The first kappa shape index (κ1) is 20.6. The summed E-state index contributed by atoms with van der Waals surface area (Å²) >= 11 is 10.9. The van der Waals surface area contributed by atoms with Crippen molar-refractivity contribution in [3.05, 3.63) is 74.7 Å². The number of ether oxygens (including phenoxy) is 1. The van der Waals surface area contributed by atoms with E-state index in [2.05, 4.69) is 26.3 Å². The quantitative estimate of drug-likeness (QED) is 0.359. The molecule has 0 fully saturated rings. The van der Waals surface area contributed by atoms with Gasteiger partial charge in [-0.05, 0) is 43.3 Å². The lowest BCUT2D eigenvalue weighted by molar-refractivity contribution is -0.119. The number of amides is 1. The van der Waals surface area contributed by atoms with Gasteiger partial charge in [-0.15, -0.1) is 11.3 Å². The van der Waals surface area contributed by atoms with E-state index in [1.807, 2.05) is 31.2 Å². The fourth-order valence-electron chi connectivity index (χ4n) is 2.90. The highest BCUT2D eigenvalue weighted by Gasteiger charge is 2.19. The Hall–Kier alpha value is -2.68. The van der Waals surface area contributed by atoms with Gasteiger partial charge in [0.15, 0.2) is 6.61 Å². The molecule has 0 saturated heterocycles. The van der Waals surface area contributed by atoms with Crippen LogP contribution in [0.1, 0.15) is 15.4 Å². The first-order valence-electron chi connectivity index (χ1n) is 8.89. The molecule has 0 bridgehead atoms. The Balaban J connectivity index is 1.49. The van der Waals surface area contributed by atoms with Gasteiger partial charge in [-0.2, -0.15) is 5.10 Å². The Bertz CT molecular complexity index is 1270. The average molecular weight is 505 g/mol. The molecular weight excluding hydrogens is 490 g/mol. The van der Waals surface area contributed by atoms with Crippen LogP contribution >= 0.6 is 38.9 Å². The van der Waals surface area contributed by atoms with Crippen molar-refractivity contribution in [2.75, 3.05) is 11.9 Å². The molecule has 0 saturated carbocycles. The molecule has 6 nitrogen and oxygen atoms in total. The SMILES string of the molecule is Cc1nn(-c2ccccc2Cl)c2sc(C(=O)OCC(=O)Nc3cccc(Br)c3)cc12. The lowest BCUT2D eigenvalue weighted by Gasteiger charge is -2.06. The van der Waals surface area contributed by atoms with Crippen LogP contribution in [0, 0.1) is 6.92 Å². The van der Waals surface area contributed by atoms with E-state index in [4.69, 9.17) is 16.3 Å². The number of fused-ring (bicyclic) bond motifs is 1. The van der Waals surface area contributed by atoms with Crippen LogP contribution in [0.15, 0.2) is 59.1 Å². The lowest BCUT2D eigenvalue weighted by atomic mass is 10.3. The number of hydrogen-bond acceptors (Lipinski definition) is 5. The Morgan fingerprint density at radius 2 is 2.00 bits per heavy atom. The van der Waals surface area contributed by atoms with Gasteiger partial charge in [0, 0.05) is 15.5 Å². The second-order valence-electron chi connectivity index (χ2n) is 6.41. The number of carbonyl (C=O) groups excluding carboxylic acids is 2. The number of esters is 1. The standard InChI is InChI=1S/C21H15BrClN3O3S/c1-12-15-10-18(30-20(15)26(25-12)17-8-3-2-7-16(17)23)21(28)29-11-19(27)24-14-6-4-5-13(22)9-14/h2-10H,11H2,1H3,(H,24,27). The highest BCUT2D eigenvalue weighted by Crippen LogP contribution is 2.32. The van der Waals surface area contributed by atoms with Gasteiger partial charge in [-0.1, -0.05) is 45.7 Å². The number of carbonyl (C=O) groups is 2. The molecule has 0 atom stereocenters. The summed E-state index contributed by atoms with van der Waals surface area (Å²) in [5.41, 5.74) is 2.11. The molecular formula is C21H15BrClN3O3S. The number of halogens is 2. The molecule has 0 unspecified atom stereocenters. The van der Waals surface area contributed by atoms with Gasteiger partial charge in [0.25, 0.3) is 5.91 Å².